The molecule has 0 aliphatic heterocycles. The molecule has 0 amide bonds. The van der Waals surface area contributed by atoms with Crippen molar-refractivity contribution in [2.24, 2.45) is 0 Å². The Labute approximate surface area is 117 Å². The summed E-state index contributed by atoms with van der Waals surface area (Å²) in [5.74, 6) is -0.333. The second-order valence-corrected chi connectivity index (χ2v) is 4.30. The molecule has 20 heavy (non-hydrogen) atoms. The number of methoxy groups -OCH3 is 1. The van der Waals surface area contributed by atoms with Crippen molar-refractivity contribution in [1.29, 1.82) is 5.26 Å². The van der Waals surface area contributed by atoms with E-state index in [0.717, 1.165) is 23.4 Å². The van der Waals surface area contributed by atoms with Crippen LogP contribution in [-0.4, -0.2) is 22.9 Å². The molecule has 5 heteroatoms. The van der Waals surface area contributed by atoms with E-state index >= 15 is 0 Å². The summed E-state index contributed by atoms with van der Waals surface area (Å²) in [4.78, 5) is 11.4. The van der Waals surface area contributed by atoms with Gasteiger partial charge in [0.25, 0.3) is 0 Å². The van der Waals surface area contributed by atoms with Gasteiger partial charge in [-0.2, -0.15) is 10.4 Å². The predicted molar refractivity (Wildman–Crippen MR) is 73.8 cm³/mol. The lowest BCUT2D eigenvalue weighted by atomic mass is 10.1. The molecule has 5 nitrogen and oxygen atoms in total. The molecule has 0 bridgehead atoms. The summed E-state index contributed by atoms with van der Waals surface area (Å²) < 4.78 is 6.30. The van der Waals surface area contributed by atoms with Crippen molar-refractivity contribution in [3.8, 4) is 17.3 Å². The van der Waals surface area contributed by atoms with Crippen molar-refractivity contribution in [3.05, 3.63) is 41.6 Å². The Kier molecular flexibility index (Phi) is 4.16. The Bertz CT molecular complexity index is 668. The molecular weight excluding hydrogens is 254 g/mol. The van der Waals surface area contributed by atoms with Crippen molar-refractivity contribution in [1.82, 2.24) is 9.78 Å². The van der Waals surface area contributed by atoms with Crippen LogP contribution in [0.4, 0.5) is 0 Å². The molecule has 0 fully saturated rings. The van der Waals surface area contributed by atoms with Crippen molar-refractivity contribution < 1.29 is 9.53 Å². The van der Waals surface area contributed by atoms with Crippen LogP contribution in [0.3, 0.4) is 0 Å². The molecule has 2 aromatic rings. The highest BCUT2D eigenvalue weighted by Gasteiger charge is 2.11. The summed E-state index contributed by atoms with van der Waals surface area (Å²) in [6, 6.07) is 11.3. The largest absolute Gasteiger partial charge is 0.468 e. The Hall–Kier alpha value is -2.61. The van der Waals surface area contributed by atoms with Gasteiger partial charge in [-0.1, -0.05) is 19.1 Å². The lowest BCUT2D eigenvalue weighted by Crippen LogP contribution is -2.14. The predicted octanol–water partition coefficient (Wildman–Crippen LogP) is 2.16. The Morgan fingerprint density at radius 1 is 1.45 bits per heavy atom. The zero-order valence-corrected chi connectivity index (χ0v) is 11.5. The fourth-order valence-electron chi connectivity index (χ4n) is 1.95. The fourth-order valence-corrected chi connectivity index (χ4v) is 1.95. The van der Waals surface area contributed by atoms with Crippen LogP contribution in [0.15, 0.2) is 30.3 Å². The van der Waals surface area contributed by atoms with Gasteiger partial charge in [0.05, 0.1) is 24.4 Å². The molecule has 0 atom stereocenters. The van der Waals surface area contributed by atoms with Crippen molar-refractivity contribution in [2.45, 2.75) is 19.9 Å². The molecule has 0 saturated carbocycles. The lowest BCUT2D eigenvalue weighted by Gasteiger charge is -2.03. The summed E-state index contributed by atoms with van der Waals surface area (Å²) >= 11 is 0. The molecule has 0 aliphatic carbocycles. The number of rotatable bonds is 4. The zero-order valence-electron chi connectivity index (χ0n) is 11.5. The molecule has 0 N–H and O–H groups in total. The maximum Gasteiger partial charge on any atom is 0.327 e. The van der Waals surface area contributed by atoms with Crippen molar-refractivity contribution in [3.63, 3.8) is 0 Å². The summed E-state index contributed by atoms with van der Waals surface area (Å²) in [5, 5.41) is 13.4. The first kappa shape index (κ1) is 13.8. The molecule has 0 radical (unpaired) electrons. The molecule has 0 aliphatic rings. The van der Waals surface area contributed by atoms with Crippen molar-refractivity contribution in [2.75, 3.05) is 7.11 Å². The van der Waals surface area contributed by atoms with E-state index in [1.165, 1.54) is 7.11 Å². The minimum atomic E-state index is -0.333. The number of carbonyl (C=O) groups is 1. The number of benzene rings is 1. The quantitative estimate of drug-likeness (QED) is 0.798. The van der Waals surface area contributed by atoms with E-state index in [2.05, 4.69) is 15.9 Å². The summed E-state index contributed by atoms with van der Waals surface area (Å²) in [6.07, 6.45) is 0.766. The molecular formula is C15H15N3O2. The molecule has 1 aromatic heterocycles. The summed E-state index contributed by atoms with van der Waals surface area (Å²) in [5.41, 5.74) is 3.15. The van der Waals surface area contributed by atoms with Crippen molar-refractivity contribution >= 4 is 5.97 Å². The molecule has 0 spiro atoms. The van der Waals surface area contributed by atoms with Gasteiger partial charge in [0, 0.05) is 11.3 Å². The normalized spacial score (nSPS) is 10.1. The smallest absolute Gasteiger partial charge is 0.327 e. The van der Waals surface area contributed by atoms with Gasteiger partial charge in [0.1, 0.15) is 6.54 Å². The lowest BCUT2D eigenvalue weighted by molar-refractivity contribution is -0.141. The molecule has 0 unspecified atom stereocenters. The van der Waals surface area contributed by atoms with E-state index in [1.807, 2.05) is 25.1 Å². The number of esters is 1. The van der Waals surface area contributed by atoms with E-state index in [1.54, 1.807) is 16.8 Å². The molecule has 1 aromatic carbocycles. The number of carbonyl (C=O) groups excluding carboxylic acids is 1. The number of aryl methyl sites for hydroxylation is 1. The van der Waals surface area contributed by atoms with Gasteiger partial charge in [-0.3, -0.25) is 9.48 Å². The summed E-state index contributed by atoms with van der Waals surface area (Å²) in [7, 11) is 1.36. The first-order valence-corrected chi connectivity index (χ1v) is 6.32. The van der Waals surface area contributed by atoms with Crippen LogP contribution in [0.25, 0.3) is 11.3 Å². The number of aromatic nitrogens is 2. The van der Waals surface area contributed by atoms with Crippen LogP contribution in [0.1, 0.15) is 18.2 Å². The third-order valence-corrected chi connectivity index (χ3v) is 3.02. The Morgan fingerprint density at radius 2 is 2.25 bits per heavy atom. The van der Waals surface area contributed by atoms with E-state index in [-0.39, 0.29) is 12.5 Å². The van der Waals surface area contributed by atoms with Crippen LogP contribution in [-0.2, 0) is 22.5 Å². The minimum Gasteiger partial charge on any atom is -0.468 e. The maximum atomic E-state index is 11.4. The van der Waals surface area contributed by atoms with E-state index in [4.69, 9.17) is 5.26 Å². The number of hydrogen-bond donors (Lipinski definition) is 0. The fraction of sp³-hybridized carbons (Fsp3) is 0.267. The third kappa shape index (κ3) is 2.86. The van der Waals surface area contributed by atoms with Gasteiger partial charge < -0.3 is 4.74 Å². The second-order valence-electron chi connectivity index (χ2n) is 4.30. The summed E-state index contributed by atoms with van der Waals surface area (Å²) in [6.45, 7) is 2.10. The highest BCUT2D eigenvalue weighted by atomic mass is 16.5. The highest BCUT2D eigenvalue weighted by molar-refractivity contribution is 5.69. The van der Waals surface area contributed by atoms with Gasteiger partial charge >= 0.3 is 5.97 Å². The first-order chi connectivity index (χ1) is 9.67. The second kappa shape index (κ2) is 6.02. The standard InChI is InChI=1S/C15H15N3O2/c1-3-13-8-14(17-18(13)10-15(19)20-2)12-6-4-5-11(7-12)9-16/h4-8H,3,10H2,1-2H3. The van der Waals surface area contributed by atoms with Crippen LogP contribution in [0, 0.1) is 11.3 Å². The molecule has 102 valence electrons. The number of ether oxygens (including phenoxy) is 1. The van der Waals surface area contributed by atoms with E-state index in [0.29, 0.717) is 5.56 Å². The molecule has 0 saturated heterocycles. The average Bonchev–Trinajstić information content (AvgIpc) is 2.90. The zero-order chi connectivity index (χ0) is 14.5. The van der Waals surface area contributed by atoms with Gasteiger partial charge in [-0.25, -0.2) is 0 Å². The van der Waals surface area contributed by atoms with Crippen LogP contribution in [0.5, 0.6) is 0 Å². The number of nitriles is 1. The van der Waals surface area contributed by atoms with Gasteiger partial charge in [0.2, 0.25) is 0 Å². The van der Waals surface area contributed by atoms with Gasteiger partial charge in [-0.05, 0) is 24.6 Å². The number of hydrogen-bond acceptors (Lipinski definition) is 4. The Balaban J connectivity index is 2.38. The number of nitrogens with zero attached hydrogens (tertiary/aromatic N) is 3. The molecule has 2 rings (SSSR count). The molecule has 1 heterocycles. The first-order valence-electron chi connectivity index (χ1n) is 6.32. The average molecular weight is 269 g/mol. The van der Waals surface area contributed by atoms with Gasteiger partial charge in [-0.15, -0.1) is 0 Å². The minimum absolute atomic E-state index is 0.0949. The monoisotopic (exact) mass is 269 g/mol. The Morgan fingerprint density at radius 3 is 2.90 bits per heavy atom. The topological polar surface area (TPSA) is 67.9 Å². The third-order valence-electron chi connectivity index (χ3n) is 3.02. The van der Waals surface area contributed by atoms with E-state index < -0.39 is 0 Å². The maximum absolute atomic E-state index is 11.4. The highest BCUT2D eigenvalue weighted by Crippen LogP contribution is 2.20. The van der Waals surface area contributed by atoms with Gasteiger partial charge in [0.15, 0.2) is 0 Å². The van der Waals surface area contributed by atoms with Crippen LogP contribution >= 0.6 is 0 Å². The van der Waals surface area contributed by atoms with Crippen LogP contribution < -0.4 is 0 Å². The van der Waals surface area contributed by atoms with Crippen LogP contribution in [0.2, 0.25) is 0 Å². The SMILES string of the molecule is CCc1cc(-c2cccc(C#N)c2)nn1CC(=O)OC. The van der Waals surface area contributed by atoms with E-state index in [9.17, 15) is 4.79 Å².